The number of benzene rings is 1. The maximum atomic E-state index is 10.7. The fourth-order valence-corrected chi connectivity index (χ4v) is 1.98. The molecule has 0 saturated heterocycles. The molecule has 0 aromatic heterocycles. The highest BCUT2D eigenvalue weighted by molar-refractivity contribution is 5.73. The SMILES string of the molecule is COc1cccc2c1NC[C@H]2CC(=O)O. The number of ether oxygens (including phenoxy) is 1. The van der Waals surface area contributed by atoms with Gasteiger partial charge in [-0.15, -0.1) is 0 Å². The fourth-order valence-electron chi connectivity index (χ4n) is 1.98. The van der Waals surface area contributed by atoms with Crippen molar-refractivity contribution in [3.8, 4) is 5.75 Å². The number of anilines is 1. The molecule has 0 bridgehead atoms. The number of nitrogens with one attached hydrogen (secondary N) is 1. The van der Waals surface area contributed by atoms with Crippen LogP contribution in [0.5, 0.6) is 5.75 Å². The molecule has 4 nitrogen and oxygen atoms in total. The van der Waals surface area contributed by atoms with E-state index in [2.05, 4.69) is 5.32 Å². The first-order chi connectivity index (χ1) is 7.22. The van der Waals surface area contributed by atoms with Gasteiger partial charge in [0.15, 0.2) is 0 Å². The quantitative estimate of drug-likeness (QED) is 0.791. The Labute approximate surface area is 87.9 Å². The molecule has 1 aliphatic heterocycles. The molecular weight excluding hydrogens is 194 g/mol. The van der Waals surface area contributed by atoms with Crippen LogP contribution in [0, 0.1) is 0 Å². The molecule has 0 spiro atoms. The van der Waals surface area contributed by atoms with Crippen LogP contribution >= 0.6 is 0 Å². The second-order valence-electron chi connectivity index (χ2n) is 3.60. The van der Waals surface area contributed by atoms with Crippen LogP contribution in [0.1, 0.15) is 17.9 Å². The molecule has 0 radical (unpaired) electrons. The van der Waals surface area contributed by atoms with Crippen LogP contribution in [-0.4, -0.2) is 24.7 Å². The lowest BCUT2D eigenvalue weighted by Gasteiger charge is -2.08. The number of carboxylic acid groups (broad SMARTS) is 1. The summed E-state index contributed by atoms with van der Waals surface area (Å²) >= 11 is 0. The second-order valence-corrected chi connectivity index (χ2v) is 3.60. The van der Waals surface area contributed by atoms with E-state index in [1.807, 2.05) is 18.2 Å². The lowest BCUT2D eigenvalue weighted by atomic mass is 9.98. The highest BCUT2D eigenvalue weighted by Gasteiger charge is 2.26. The second kappa shape index (κ2) is 3.81. The van der Waals surface area contributed by atoms with E-state index in [0.717, 1.165) is 17.0 Å². The Kier molecular flexibility index (Phi) is 2.49. The molecule has 15 heavy (non-hydrogen) atoms. The molecule has 0 aliphatic carbocycles. The number of para-hydroxylation sites is 1. The van der Waals surface area contributed by atoms with Crippen LogP contribution in [0.25, 0.3) is 0 Å². The van der Waals surface area contributed by atoms with Crippen molar-refractivity contribution in [2.75, 3.05) is 19.0 Å². The van der Waals surface area contributed by atoms with Crippen LogP contribution in [0.3, 0.4) is 0 Å². The van der Waals surface area contributed by atoms with Crippen molar-refractivity contribution in [2.45, 2.75) is 12.3 Å². The van der Waals surface area contributed by atoms with Gasteiger partial charge in [-0.05, 0) is 11.6 Å². The van der Waals surface area contributed by atoms with Gasteiger partial charge >= 0.3 is 5.97 Å². The van der Waals surface area contributed by atoms with Crippen LogP contribution in [-0.2, 0) is 4.79 Å². The lowest BCUT2D eigenvalue weighted by molar-refractivity contribution is -0.137. The number of methoxy groups -OCH3 is 1. The third kappa shape index (κ3) is 1.75. The molecule has 1 aromatic rings. The van der Waals surface area contributed by atoms with Gasteiger partial charge < -0.3 is 15.2 Å². The van der Waals surface area contributed by atoms with Crippen molar-refractivity contribution in [2.24, 2.45) is 0 Å². The third-order valence-corrected chi connectivity index (χ3v) is 2.66. The summed E-state index contributed by atoms with van der Waals surface area (Å²) in [6, 6.07) is 5.71. The van der Waals surface area contributed by atoms with E-state index in [4.69, 9.17) is 9.84 Å². The van der Waals surface area contributed by atoms with E-state index in [9.17, 15) is 4.79 Å². The normalized spacial score (nSPS) is 18.1. The Morgan fingerprint density at radius 1 is 1.67 bits per heavy atom. The summed E-state index contributed by atoms with van der Waals surface area (Å²) in [5.74, 6) is 0.0606. The lowest BCUT2D eigenvalue weighted by Crippen LogP contribution is -2.07. The zero-order chi connectivity index (χ0) is 10.8. The first-order valence-corrected chi connectivity index (χ1v) is 4.85. The largest absolute Gasteiger partial charge is 0.495 e. The predicted molar refractivity (Wildman–Crippen MR) is 56.5 cm³/mol. The number of fused-ring (bicyclic) bond motifs is 1. The van der Waals surface area contributed by atoms with Gasteiger partial charge in [-0.1, -0.05) is 12.1 Å². The van der Waals surface area contributed by atoms with Crippen molar-refractivity contribution in [1.29, 1.82) is 0 Å². The van der Waals surface area contributed by atoms with E-state index in [1.54, 1.807) is 7.11 Å². The molecule has 0 saturated carbocycles. The van der Waals surface area contributed by atoms with E-state index in [1.165, 1.54) is 0 Å². The van der Waals surface area contributed by atoms with Crippen molar-refractivity contribution < 1.29 is 14.6 Å². The average Bonchev–Trinajstić information content (AvgIpc) is 2.61. The Hall–Kier alpha value is -1.71. The standard InChI is InChI=1S/C11H13NO3/c1-15-9-4-2-3-8-7(5-10(13)14)6-12-11(8)9/h2-4,7,12H,5-6H2,1H3,(H,13,14)/t7-/m1/s1. The van der Waals surface area contributed by atoms with Gasteiger partial charge in [-0.2, -0.15) is 0 Å². The summed E-state index contributed by atoms with van der Waals surface area (Å²) in [6.45, 7) is 0.669. The minimum atomic E-state index is -0.766. The number of carboxylic acids is 1. The molecule has 1 aromatic carbocycles. The average molecular weight is 207 g/mol. The highest BCUT2D eigenvalue weighted by Crippen LogP contribution is 2.39. The first-order valence-electron chi connectivity index (χ1n) is 4.85. The van der Waals surface area contributed by atoms with Gasteiger partial charge in [0.05, 0.1) is 19.2 Å². The number of hydrogen-bond acceptors (Lipinski definition) is 3. The van der Waals surface area contributed by atoms with Gasteiger partial charge in [0.2, 0.25) is 0 Å². The number of rotatable bonds is 3. The highest BCUT2D eigenvalue weighted by atomic mass is 16.5. The van der Waals surface area contributed by atoms with Crippen molar-refractivity contribution in [3.63, 3.8) is 0 Å². The summed E-state index contributed by atoms with van der Waals surface area (Å²) in [4.78, 5) is 10.7. The van der Waals surface area contributed by atoms with Crippen LogP contribution in [0.2, 0.25) is 0 Å². The molecule has 1 atom stereocenters. The summed E-state index contributed by atoms with van der Waals surface area (Å²) < 4.78 is 5.20. The monoisotopic (exact) mass is 207 g/mol. The minimum absolute atomic E-state index is 0.0487. The van der Waals surface area contributed by atoms with E-state index in [0.29, 0.717) is 6.54 Å². The molecule has 1 aliphatic rings. The Morgan fingerprint density at radius 2 is 2.47 bits per heavy atom. The summed E-state index contributed by atoms with van der Waals surface area (Å²) in [5.41, 5.74) is 1.98. The molecular formula is C11H13NO3. The zero-order valence-electron chi connectivity index (χ0n) is 8.49. The van der Waals surface area contributed by atoms with Gasteiger partial charge in [0.1, 0.15) is 5.75 Å². The topological polar surface area (TPSA) is 58.6 Å². The van der Waals surface area contributed by atoms with Crippen molar-refractivity contribution in [3.05, 3.63) is 23.8 Å². The van der Waals surface area contributed by atoms with E-state index >= 15 is 0 Å². The van der Waals surface area contributed by atoms with Crippen LogP contribution in [0.15, 0.2) is 18.2 Å². The Balaban J connectivity index is 2.31. The molecule has 4 heteroatoms. The number of hydrogen-bond donors (Lipinski definition) is 2. The van der Waals surface area contributed by atoms with Crippen LogP contribution in [0.4, 0.5) is 5.69 Å². The zero-order valence-corrected chi connectivity index (χ0v) is 8.49. The number of aliphatic carboxylic acids is 1. The summed E-state index contributed by atoms with van der Waals surface area (Å²) in [5, 5.41) is 12.0. The molecule has 80 valence electrons. The molecule has 2 rings (SSSR count). The maximum absolute atomic E-state index is 10.7. The van der Waals surface area contributed by atoms with E-state index < -0.39 is 5.97 Å². The minimum Gasteiger partial charge on any atom is -0.495 e. The van der Waals surface area contributed by atoms with Crippen molar-refractivity contribution in [1.82, 2.24) is 0 Å². The van der Waals surface area contributed by atoms with Crippen LogP contribution < -0.4 is 10.1 Å². The van der Waals surface area contributed by atoms with Gasteiger partial charge in [0.25, 0.3) is 0 Å². The molecule has 0 unspecified atom stereocenters. The van der Waals surface area contributed by atoms with Gasteiger partial charge in [-0.3, -0.25) is 4.79 Å². The Morgan fingerprint density at radius 3 is 3.13 bits per heavy atom. The van der Waals surface area contributed by atoms with E-state index in [-0.39, 0.29) is 12.3 Å². The molecule has 2 N–H and O–H groups in total. The fraction of sp³-hybridized carbons (Fsp3) is 0.364. The molecule has 0 amide bonds. The maximum Gasteiger partial charge on any atom is 0.304 e. The van der Waals surface area contributed by atoms with Gasteiger partial charge in [-0.25, -0.2) is 0 Å². The summed E-state index contributed by atoms with van der Waals surface area (Å²) in [6.07, 6.45) is 0.160. The molecule has 0 fully saturated rings. The first kappa shape index (κ1) is 9.83. The number of carbonyl (C=O) groups is 1. The molecule has 1 heterocycles. The summed E-state index contributed by atoms with van der Waals surface area (Å²) in [7, 11) is 1.61. The smallest absolute Gasteiger partial charge is 0.304 e. The predicted octanol–water partition coefficient (Wildman–Crippen LogP) is 1.68. The van der Waals surface area contributed by atoms with Crippen molar-refractivity contribution >= 4 is 11.7 Å². The van der Waals surface area contributed by atoms with Gasteiger partial charge in [0, 0.05) is 12.5 Å². The Bertz CT molecular complexity index is 389. The third-order valence-electron chi connectivity index (χ3n) is 2.66.